The fraction of sp³-hybridized carbons (Fsp3) is 0.500. The van der Waals surface area contributed by atoms with Gasteiger partial charge in [-0.2, -0.15) is 13.2 Å². The monoisotopic (exact) mass is 516 g/mol. The Kier molecular flexibility index (Phi) is 9.26. The third kappa shape index (κ3) is 7.12. The molecule has 0 saturated heterocycles. The summed E-state index contributed by atoms with van der Waals surface area (Å²) in [5.74, 6) is -0.227. The number of unbranched alkanes of at least 4 members (excludes halogenated alkanes) is 4. The average Bonchev–Trinajstić information content (AvgIpc) is 2.87. The molecule has 1 saturated carbocycles. The molecule has 0 nitrogen and oxygen atoms in total. The van der Waals surface area contributed by atoms with Crippen LogP contribution in [0.2, 0.25) is 0 Å². The van der Waals surface area contributed by atoms with Crippen molar-refractivity contribution in [3.05, 3.63) is 82.4 Å². The smallest absolute Gasteiger partial charge is 0.206 e. The molecule has 1 aliphatic carbocycles. The summed E-state index contributed by atoms with van der Waals surface area (Å²) in [6.07, 6.45) is 8.78. The van der Waals surface area contributed by atoms with E-state index in [4.69, 9.17) is 0 Å². The Labute approximate surface area is 217 Å². The number of rotatable bonds is 10. The predicted octanol–water partition coefficient (Wildman–Crippen LogP) is 10.6. The van der Waals surface area contributed by atoms with Crippen LogP contribution in [0.1, 0.15) is 99.3 Å². The molecule has 200 valence electrons. The van der Waals surface area contributed by atoms with Gasteiger partial charge in [0.05, 0.1) is 5.56 Å². The van der Waals surface area contributed by atoms with E-state index in [0.717, 1.165) is 23.4 Å². The van der Waals surface area contributed by atoms with Gasteiger partial charge in [0.1, 0.15) is 11.6 Å². The molecule has 0 atom stereocenters. The van der Waals surface area contributed by atoms with Gasteiger partial charge >= 0.3 is 6.18 Å². The molecule has 0 heterocycles. The van der Waals surface area contributed by atoms with Gasteiger partial charge in [-0.1, -0.05) is 81.8 Å². The first-order valence-corrected chi connectivity index (χ1v) is 13.8. The van der Waals surface area contributed by atoms with Crippen molar-refractivity contribution in [2.75, 3.05) is 0 Å². The maximum absolute atomic E-state index is 15.3. The first-order chi connectivity index (χ1) is 17.8. The molecule has 0 radical (unpaired) electrons. The summed E-state index contributed by atoms with van der Waals surface area (Å²) < 4.78 is 67.5. The van der Waals surface area contributed by atoms with E-state index >= 15 is 4.39 Å². The van der Waals surface area contributed by atoms with Crippen molar-refractivity contribution >= 4 is 10.8 Å². The van der Waals surface area contributed by atoms with Gasteiger partial charge in [-0.3, -0.25) is 0 Å². The highest BCUT2D eigenvalue weighted by Crippen LogP contribution is 2.39. The SMILES string of the molecule is CCCCCCCC1CCC(c2ccc3c(F)c(CCc4ccc(C(F)(F)F)c(F)c4)ccc3c2)CC1. The molecule has 1 fully saturated rings. The standard InChI is InChI=1S/C32H37F5/c1-2-3-4-5-6-7-22-8-12-24(13-9-22)26-17-18-28-27(21-26)16-15-25(31(28)34)14-10-23-11-19-29(30(33)20-23)32(35,36)37/h11,15-22,24H,2-10,12-14H2,1H3. The lowest BCUT2D eigenvalue weighted by Crippen LogP contribution is -2.13. The zero-order chi connectivity index (χ0) is 26.4. The minimum absolute atomic E-state index is 0.261. The van der Waals surface area contributed by atoms with Crippen molar-refractivity contribution in [1.82, 2.24) is 0 Å². The Morgan fingerprint density at radius 1 is 0.784 bits per heavy atom. The highest BCUT2D eigenvalue weighted by Gasteiger charge is 2.33. The van der Waals surface area contributed by atoms with Crippen molar-refractivity contribution in [2.24, 2.45) is 5.92 Å². The molecule has 1 aliphatic rings. The van der Waals surface area contributed by atoms with E-state index in [1.807, 2.05) is 12.1 Å². The van der Waals surface area contributed by atoms with Crippen LogP contribution in [0, 0.1) is 17.6 Å². The molecule has 0 N–H and O–H groups in total. The van der Waals surface area contributed by atoms with Crippen LogP contribution in [-0.4, -0.2) is 0 Å². The second-order valence-electron chi connectivity index (χ2n) is 10.8. The number of benzene rings is 3. The van der Waals surface area contributed by atoms with E-state index in [1.165, 1.54) is 75.8 Å². The van der Waals surface area contributed by atoms with Crippen molar-refractivity contribution < 1.29 is 22.0 Å². The number of halogens is 5. The Morgan fingerprint density at radius 2 is 1.54 bits per heavy atom. The van der Waals surface area contributed by atoms with Crippen LogP contribution < -0.4 is 0 Å². The van der Waals surface area contributed by atoms with Crippen LogP contribution >= 0.6 is 0 Å². The number of aryl methyl sites for hydroxylation is 2. The van der Waals surface area contributed by atoms with E-state index in [0.29, 0.717) is 22.4 Å². The number of fused-ring (bicyclic) bond motifs is 1. The van der Waals surface area contributed by atoms with Gasteiger partial charge in [-0.05, 0) is 84.6 Å². The normalized spacial score (nSPS) is 18.4. The Hall–Kier alpha value is -2.43. The third-order valence-electron chi connectivity index (χ3n) is 8.11. The maximum Gasteiger partial charge on any atom is 0.419 e. The summed E-state index contributed by atoms with van der Waals surface area (Å²) in [4.78, 5) is 0. The lowest BCUT2D eigenvalue weighted by atomic mass is 9.76. The number of alkyl halides is 3. The van der Waals surface area contributed by atoms with Gasteiger partial charge in [-0.25, -0.2) is 8.78 Å². The molecule has 5 heteroatoms. The topological polar surface area (TPSA) is 0 Å². The van der Waals surface area contributed by atoms with Crippen molar-refractivity contribution in [1.29, 1.82) is 0 Å². The van der Waals surface area contributed by atoms with Crippen LogP contribution in [0.15, 0.2) is 48.5 Å². The summed E-state index contributed by atoms with van der Waals surface area (Å²) in [6, 6.07) is 12.6. The average molecular weight is 517 g/mol. The third-order valence-corrected chi connectivity index (χ3v) is 8.11. The number of hydrogen-bond donors (Lipinski definition) is 0. The minimum atomic E-state index is -4.72. The van der Waals surface area contributed by atoms with E-state index in [-0.39, 0.29) is 18.7 Å². The summed E-state index contributed by atoms with van der Waals surface area (Å²) in [5.41, 5.74) is 0.901. The lowest BCUT2D eigenvalue weighted by molar-refractivity contribution is -0.140. The van der Waals surface area contributed by atoms with Crippen LogP contribution in [0.3, 0.4) is 0 Å². The Bertz CT molecular complexity index is 1170. The quantitative estimate of drug-likeness (QED) is 0.186. The summed E-state index contributed by atoms with van der Waals surface area (Å²) in [6.45, 7) is 2.25. The predicted molar refractivity (Wildman–Crippen MR) is 141 cm³/mol. The molecule has 4 rings (SSSR count). The molecule has 3 aromatic rings. The second kappa shape index (κ2) is 12.4. The highest BCUT2D eigenvalue weighted by atomic mass is 19.4. The van der Waals surface area contributed by atoms with E-state index in [9.17, 15) is 17.6 Å². The van der Waals surface area contributed by atoms with E-state index in [2.05, 4.69) is 19.1 Å². The molecule has 0 aliphatic heterocycles. The largest absolute Gasteiger partial charge is 0.419 e. The first kappa shape index (κ1) is 27.6. The van der Waals surface area contributed by atoms with Gasteiger partial charge in [-0.15, -0.1) is 0 Å². The van der Waals surface area contributed by atoms with E-state index < -0.39 is 17.6 Å². The van der Waals surface area contributed by atoms with E-state index in [1.54, 1.807) is 6.07 Å². The molecular weight excluding hydrogens is 479 g/mol. The zero-order valence-electron chi connectivity index (χ0n) is 21.6. The van der Waals surface area contributed by atoms with Crippen LogP contribution in [0.25, 0.3) is 10.8 Å². The fourth-order valence-corrected chi connectivity index (χ4v) is 5.85. The molecule has 0 spiro atoms. The summed E-state index contributed by atoms with van der Waals surface area (Å²) >= 11 is 0. The van der Waals surface area contributed by atoms with Gasteiger partial charge in [0.15, 0.2) is 0 Å². The second-order valence-corrected chi connectivity index (χ2v) is 10.8. The molecular formula is C32H37F5. The van der Waals surface area contributed by atoms with Crippen LogP contribution in [0.5, 0.6) is 0 Å². The van der Waals surface area contributed by atoms with Gasteiger partial charge < -0.3 is 0 Å². The van der Waals surface area contributed by atoms with Gasteiger partial charge in [0.25, 0.3) is 0 Å². The summed E-state index contributed by atoms with van der Waals surface area (Å²) in [5, 5.41) is 1.43. The lowest BCUT2D eigenvalue weighted by Gasteiger charge is -2.29. The molecule has 0 amide bonds. The van der Waals surface area contributed by atoms with Crippen LogP contribution in [-0.2, 0) is 19.0 Å². The van der Waals surface area contributed by atoms with Gasteiger partial charge in [0, 0.05) is 5.39 Å². The van der Waals surface area contributed by atoms with Crippen LogP contribution in [0.4, 0.5) is 22.0 Å². The fourth-order valence-electron chi connectivity index (χ4n) is 5.85. The highest BCUT2D eigenvalue weighted by molar-refractivity contribution is 5.84. The maximum atomic E-state index is 15.3. The first-order valence-electron chi connectivity index (χ1n) is 13.8. The molecule has 0 bridgehead atoms. The van der Waals surface area contributed by atoms with Gasteiger partial charge in [0.2, 0.25) is 0 Å². The molecule has 0 unspecified atom stereocenters. The molecule has 3 aromatic carbocycles. The Morgan fingerprint density at radius 3 is 2.24 bits per heavy atom. The molecule has 0 aromatic heterocycles. The van der Waals surface area contributed by atoms with Crippen molar-refractivity contribution in [2.45, 2.75) is 96.1 Å². The summed E-state index contributed by atoms with van der Waals surface area (Å²) in [7, 11) is 0. The molecule has 37 heavy (non-hydrogen) atoms. The minimum Gasteiger partial charge on any atom is -0.206 e. The number of hydrogen-bond acceptors (Lipinski definition) is 0. The Balaban J connectivity index is 1.35. The van der Waals surface area contributed by atoms with Crippen molar-refractivity contribution in [3.63, 3.8) is 0 Å². The zero-order valence-corrected chi connectivity index (χ0v) is 21.6. The van der Waals surface area contributed by atoms with Crippen molar-refractivity contribution in [3.8, 4) is 0 Å².